The normalized spacial score (nSPS) is 14.2. The maximum Gasteiger partial charge on any atom is 0.256 e. The Balaban J connectivity index is 1.39. The summed E-state index contributed by atoms with van der Waals surface area (Å²) in [6, 6.07) is 19.3. The summed E-state index contributed by atoms with van der Waals surface area (Å²) < 4.78 is 23.4. The number of benzene rings is 3. The van der Waals surface area contributed by atoms with E-state index in [0.29, 0.717) is 16.8 Å². The monoisotopic (exact) mass is 539 g/mol. The molecular weight excluding hydrogens is 515 g/mol. The highest BCUT2D eigenvalue weighted by Gasteiger charge is 2.21. The average Bonchev–Trinajstić information content (AvgIpc) is 3.00. The molecule has 0 aromatic heterocycles. The molecule has 1 atom stereocenters. The summed E-state index contributed by atoms with van der Waals surface area (Å²) >= 11 is 2.96. The van der Waals surface area contributed by atoms with Gasteiger partial charge in [-0.2, -0.15) is 0 Å². The molecule has 0 radical (unpaired) electrons. The van der Waals surface area contributed by atoms with Crippen LogP contribution in [0.4, 0.5) is 5.69 Å². The second kappa shape index (κ2) is 10.8. The highest BCUT2D eigenvalue weighted by Crippen LogP contribution is 2.39. The Kier molecular flexibility index (Phi) is 7.77. The summed E-state index contributed by atoms with van der Waals surface area (Å²) in [4.78, 5) is 28.2. The number of nitrogens with one attached hydrogen (secondary N) is 2. The molecule has 10 heteroatoms. The number of hydrogen-bond acceptors (Lipinski definition) is 7. The van der Waals surface area contributed by atoms with E-state index in [4.69, 9.17) is 5.73 Å². The molecule has 2 amide bonds. The van der Waals surface area contributed by atoms with Crippen LogP contribution < -0.4 is 16.4 Å². The summed E-state index contributed by atoms with van der Waals surface area (Å²) in [6.45, 7) is 2.21. The molecule has 3 aromatic carbocycles. The van der Waals surface area contributed by atoms with Gasteiger partial charge in [0.1, 0.15) is 0 Å². The first-order chi connectivity index (χ1) is 17.2. The minimum absolute atomic E-state index is 0.00771. The Morgan fingerprint density at radius 2 is 1.83 bits per heavy atom. The van der Waals surface area contributed by atoms with Gasteiger partial charge in [0.2, 0.25) is 0 Å². The molecule has 1 aliphatic heterocycles. The molecule has 1 heterocycles. The Bertz CT molecular complexity index is 1450. The second-order valence-electron chi connectivity index (χ2n) is 8.18. The lowest BCUT2D eigenvalue weighted by molar-refractivity contribution is 0.0956. The van der Waals surface area contributed by atoms with Crippen LogP contribution in [0, 0.1) is 0 Å². The highest BCUT2D eigenvalue weighted by atomic mass is 32.2. The van der Waals surface area contributed by atoms with E-state index >= 15 is 0 Å². The van der Waals surface area contributed by atoms with Crippen LogP contribution in [0.15, 0.2) is 92.5 Å². The molecule has 4 rings (SSSR count). The van der Waals surface area contributed by atoms with E-state index in [-0.39, 0.29) is 28.5 Å². The predicted octanol–water partition coefficient (Wildman–Crippen LogP) is 4.83. The second-order valence-corrected chi connectivity index (χ2v) is 12.7. The van der Waals surface area contributed by atoms with Crippen molar-refractivity contribution in [1.82, 2.24) is 5.32 Å². The lowest BCUT2D eigenvalue weighted by Crippen LogP contribution is -2.25. The molecule has 0 saturated carbocycles. The third-order valence-electron chi connectivity index (χ3n) is 5.56. The van der Waals surface area contributed by atoms with Crippen molar-refractivity contribution in [2.45, 2.75) is 26.9 Å². The van der Waals surface area contributed by atoms with Gasteiger partial charge in [-0.25, -0.2) is 8.42 Å². The zero-order valence-electron chi connectivity index (χ0n) is 19.6. The highest BCUT2D eigenvalue weighted by molar-refractivity contribution is 8.03. The summed E-state index contributed by atoms with van der Waals surface area (Å²) in [5, 5.41) is 5.77. The van der Waals surface area contributed by atoms with Gasteiger partial charge < -0.3 is 16.4 Å². The van der Waals surface area contributed by atoms with Gasteiger partial charge >= 0.3 is 0 Å². The fraction of sp³-hybridized carbons (Fsp3) is 0.154. The maximum absolute atomic E-state index is 12.9. The Hall–Kier alpha value is -3.21. The molecule has 0 fully saturated rings. The number of carbonyl (C=O) groups excluding carboxylic acids is 2. The molecule has 36 heavy (non-hydrogen) atoms. The van der Waals surface area contributed by atoms with Gasteiger partial charge in [0.25, 0.3) is 11.8 Å². The number of sulfone groups is 1. The van der Waals surface area contributed by atoms with Crippen molar-refractivity contribution in [1.29, 1.82) is 0 Å². The molecule has 186 valence electrons. The van der Waals surface area contributed by atoms with Crippen LogP contribution in [-0.2, 0) is 9.84 Å². The van der Waals surface area contributed by atoms with E-state index < -0.39 is 9.84 Å². The van der Waals surface area contributed by atoms with Gasteiger partial charge in [-0.15, -0.1) is 11.8 Å². The van der Waals surface area contributed by atoms with E-state index in [0.717, 1.165) is 20.3 Å². The number of carbonyl (C=O) groups is 2. The van der Waals surface area contributed by atoms with Crippen LogP contribution in [-0.4, -0.2) is 33.0 Å². The molecule has 1 unspecified atom stereocenters. The fourth-order valence-corrected chi connectivity index (χ4v) is 6.22. The zero-order valence-corrected chi connectivity index (χ0v) is 22.1. The maximum atomic E-state index is 12.9. The zero-order chi connectivity index (χ0) is 25.9. The number of rotatable bonds is 7. The third kappa shape index (κ3) is 5.95. The predicted molar refractivity (Wildman–Crippen MR) is 145 cm³/mol. The van der Waals surface area contributed by atoms with Crippen LogP contribution in [0.25, 0.3) is 0 Å². The van der Waals surface area contributed by atoms with Crippen molar-refractivity contribution in [2.75, 3.05) is 18.1 Å². The van der Waals surface area contributed by atoms with E-state index in [1.807, 2.05) is 31.2 Å². The van der Waals surface area contributed by atoms with Gasteiger partial charge in [-0.3, -0.25) is 9.59 Å². The van der Waals surface area contributed by atoms with E-state index in [1.54, 1.807) is 42.5 Å². The molecule has 0 aliphatic carbocycles. The number of anilines is 1. The summed E-state index contributed by atoms with van der Waals surface area (Å²) in [5.74, 6) is -0.498. The minimum atomic E-state index is -3.25. The number of nitrogens with two attached hydrogens (primary N) is 1. The van der Waals surface area contributed by atoms with E-state index in [2.05, 4.69) is 10.6 Å². The van der Waals surface area contributed by atoms with Crippen molar-refractivity contribution >= 4 is 50.9 Å². The molecule has 0 saturated heterocycles. The van der Waals surface area contributed by atoms with Crippen LogP contribution in [0.1, 0.15) is 38.5 Å². The smallest absolute Gasteiger partial charge is 0.256 e. The molecule has 7 nitrogen and oxygen atoms in total. The minimum Gasteiger partial charge on any atom is -0.404 e. The summed E-state index contributed by atoms with van der Waals surface area (Å²) in [5.41, 5.74) is 8.36. The molecule has 0 bridgehead atoms. The number of thioether (sulfide) groups is 1. The lowest BCUT2D eigenvalue weighted by Gasteiger charge is -2.15. The van der Waals surface area contributed by atoms with Crippen LogP contribution in [0.5, 0.6) is 0 Å². The Morgan fingerprint density at radius 1 is 1.11 bits per heavy atom. The molecule has 1 aliphatic rings. The fourth-order valence-electron chi connectivity index (χ4n) is 3.60. The SMILES string of the molecule is CC(S/C(=C\N)CNC(=O)c1ccc2c(c1)NC(=O)c1ccccc1S2)c1ccc(S(C)(=O)=O)cc1. The first-order valence-corrected chi connectivity index (χ1v) is 14.6. The standard InChI is InChI=1S/C26H25N3O4S3/c1-16(17-7-10-20(11-8-17)36(2,32)33)34-19(14-27)15-28-25(30)18-9-12-24-22(13-18)29-26(31)21-5-3-4-6-23(21)35-24/h3-14,16H,15,27H2,1-2H3,(H,28,30)(H,29,31)/b19-14-. The topological polar surface area (TPSA) is 118 Å². The number of fused-ring (bicyclic) bond motifs is 2. The van der Waals surface area contributed by atoms with Gasteiger partial charge in [-0.05, 0) is 55.0 Å². The first-order valence-electron chi connectivity index (χ1n) is 11.0. The van der Waals surface area contributed by atoms with Crippen molar-refractivity contribution in [3.63, 3.8) is 0 Å². The Morgan fingerprint density at radius 3 is 2.53 bits per heavy atom. The van der Waals surface area contributed by atoms with Crippen LogP contribution in [0.2, 0.25) is 0 Å². The number of hydrogen-bond donors (Lipinski definition) is 3. The van der Waals surface area contributed by atoms with Gasteiger partial charge in [0, 0.05) is 38.0 Å². The van der Waals surface area contributed by atoms with Crippen LogP contribution in [0.3, 0.4) is 0 Å². The summed E-state index contributed by atoms with van der Waals surface area (Å²) in [7, 11) is -3.25. The van der Waals surface area contributed by atoms with Gasteiger partial charge in [-0.1, -0.05) is 36.0 Å². The molecular formula is C26H25N3O4S3. The largest absolute Gasteiger partial charge is 0.404 e. The van der Waals surface area contributed by atoms with E-state index in [1.165, 1.54) is 36.0 Å². The number of amides is 2. The molecule has 0 spiro atoms. The Labute approximate surface area is 218 Å². The quantitative estimate of drug-likeness (QED) is 0.393. The molecule has 3 aromatic rings. The lowest BCUT2D eigenvalue weighted by atomic mass is 10.1. The van der Waals surface area contributed by atoms with E-state index in [9.17, 15) is 18.0 Å². The molecule has 4 N–H and O–H groups in total. The van der Waals surface area contributed by atoms with Crippen molar-refractivity contribution in [3.8, 4) is 0 Å². The average molecular weight is 540 g/mol. The summed E-state index contributed by atoms with van der Waals surface area (Å²) in [6.07, 6.45) is 2.63. The van der Waals surface area contributed by atoms with Gasteiger partial charge in [0.15, 0.2) is 9.84 Å². The van der Waals surface area contributed by atoms with Crippen molar-refractivity contribution in [3.05, 3.63) is 94.5 Å². The van der Waals surface area contributed by atoms with Gasteiger partial charge in [0.05, 0.1) is 22.7 Å². The van der Waals surface area contributed by atoms with Crippen molar-refractivity contribution in [2.24, 2.45) is 5.73 Å². The first kappa shape index (κ1) is 25.9. The third-order valence-corrected chi connectivity index (χ3v) is 9.05. The van der Waals surface area contributed by atoms with Crippen molar-refractivity contribution < 1.29 is 18.0 Å². The van der Waals surface area contributed by atoms with Crippen LogP contribution >= 0.6 is 23.5 Å².